The molecule has 2 aliphatic rings. The Kier molecular flexibility index (Phi) is 8.46. The van der Waals surface area contributed by atoms with E-state index in [2.05, 4.69) is 10.3 Å². The standard InChI is InChI=1S/C30H32N4O6S/c1-2-8-25(32-30(37)40-24-14-12-22(13-15-24)21-9-4-3-5-10-21)29(36)33-18-16-26-28(33)27(35)19-34(26)41(38,39)20-23-11-6-7-17-31-23/h3-7,9-15,17,25-26,28H,2,8,16,18-20H2,1H3,(H,32,37). The Bertz CT molecular complexity index is 1500. The van der Waals surface area contributed by atoms with Gasteiger partial charge in [0, 0.05) is 12.7 Å². The first-order valence-corrected chi connectivity index (χ1v) is 15.2. The minimum absolute atomic E-state index is 0.216. The maximum Gasteiger partial charge on any atom is 0.413 e. The predicted octanol–water partition coefficient (Wildman–Crippen LogP) is 3.39. The van der Waals surface area contributed by atoms with Crippen molar-refractivity contribution < 1.29 is 27.5 Å². The van der Waals surface area contributed by atoms with E-state index in [9.17, 15) is 22.8 Å². The van der Waals surface area contributed by atoms with Crippen LogP contribution in [0.3, 0.4) is 0 Å². The second-order valence-electron chi connectivity index (χ2n) is 10.2. The van der Waals surface area contributed by atoms with E-state index in [-0.39, 0.29) is 24.6 Å². The number of aromatic nitrogens is 1. The second kappa shape index (κ2) is 12.2. The maximum absolute atomic E-state index is 13.6. The molecule has 2 fully saturated rings. The van der Waals surface area contributed by atoms with Gasteiger partial charge in [0.15, 0.2) is 5.78 Å². The number of amides is 2. The number of nitrogens with one attached hydrogen (secondary N) is 1. The maximum atomic E-state index is 13.6. The van der Waals surface area contributed by atoms with Crippen LogP contribution in [0.1, 0.15) is 31.9 Å². The molecule has 5 rings (SSSR count). The Morgan fingerprint density at radius 1 is 1.02 bits per heavy atom. The molecule has 2 saturated heterocycles. The molecule has 2 aromatic carbocycles. The first-order chi connectivity index (χ1) is 19.8. The van der Waals surface area contributed by atoms with Crippen LogP contribution in [0.4, 0.5) is 4.79 Å². The number of carbonyl (C=O) groups is 3. The van der Waals surface area contributed by atoms with Crippen LogP contribution in [0.15, 0.2) is 79.0 Å². The zero-order valence-electron chi connectivity index (χ0n) is 22.7. The zero-order valence-corrected chi connectivity index (χ0v) is 23.5. The lowest BCUT2D eigenvalue weighted by Gasteiger charge is -2.28. The van der Waals surface area contributed by atoms with Crippen molar-refractivity contribution in [1.29, 1.82) is 0 Å². The van der Waals surface area contributed by atoms with Crippen molar-refractivity contribution in [3.63, 3.8) is 0 Å². The largest absolute Gasteiger partial charge is 0.413 e. The van der Waals surface area contributed by atoms with Crippen LogP contribution in [0.5, 0.6) is 5.75 Å². The van der Waals surface area contributed by atoms with E-state index in [1.54, 1.807) is 30.3 Å². The lowest BCUT2D eigenvalue weighted by atomic mass is 10.1. The number of fused-ring (bicyclic) bond motifs is 1. The van der Waals surface area contributed by atoms with Crippen molar-refractivity contribution >= 4 is 27.8 Å². The van der Waals surface area contributed by atoms with Gasteiger partial charge < -0.3 is 15.0 Å². The summed E-state index contributed by atoms with van der Waals surface area (Å²) in [6, 6.07) is 19.4. The Morgan fingerprint density at radius 3 is 2.41 bits per heavy atom. The fourth-order valence-electron chi connectivity index (χ4n) is 5.51. The monoisotopic (exact) mass is 576 g/mol. The van der Waals surface area contributed by atoms with Crippen LogP contribution in [0, 0.1) is 0 Å². The number of ketones is 1. The molecule has 3 unspecified atom stereocenters. The first-order valence-electron chi connectivity index (χ1n) is 13.6. The number of ether oxygens (including phenoxy) is 1. The molecular weight excluding hydrogens is 544 g/mol. The summed E-state index contributed by atoms with van der Waals surface area (Å²) in [5.74, 6) is -0.753. The predicted molar refractivity (Wildman–Crippen MR) is 152 cm³/mol. The second-order valence-corrected chi connectivity index (χ2v) is 12.1. The first kappa shape index (κ1) is 28.4. The summed E-state index contributed by atoms with van der Waals surface area (Å²) in [7, 11) is -3.83. The van der Waals surface area contributed by atoms with Gasteiger partial charge in [-0.15, -0.1) is 0 Å². The average Bonchev–Trinajstić information content (AvgIpc) is 3.55. The molecule has 3 heterocycles. The number of hydrogen-bond acceptors (Lipinski definition) is 7. The normalized spacial score (nSPS) is 19.5. The van der Waals surface area contributed by atoms with Gasteiger partial charge >= 0.3 is 6.09 Å². The van der Waals surface area contributed by atoms with Crippen molar-refractivity contribution in [3.05, 3.63) is 84.7 Å². The number of hydrogen-bond donors (Lipinski definition) is 1. The van der Waals surface area contributed by atoms with E-state index in [4.69, 9.17) is 4.74 Å². The average molecular weight is 577 g/mol. The third-order valence-corrected chi connectivity index (χ3v) is 9.19. The molecule has 0 saturated carbocycles. The number of sulfonamides is 1. The van der Waals surface area contributed by atoms with Gasteiger partial charge in [-0.3, -0.25) is 14.6 Å². The van der Waals surface area contributed by atoms with Crippen molar-refractivity contribution in [2.45, 2.75) is 50.1 Å². The number of carbonyl (C=O) groups excluding carboxylic acids is 3. The highest BCUT2D eigenvalue weighted by Gasteiger charge is 2.54. The lowest BCUT2D eigenvalue weighted by Crippen LogP contribution is -2.53. The summed E-state index contributed by atoms with van der Waals surface area (Å²) in [5, 5.41) is 2.65. The van der Waals surface area contributed by atoms with Gasteiger partial charge in [-0.05, 0) is 48.2 Å². The van der Waals surface area contributed by atoms with E-state index < -0.39 is 40.1 Å². The molecule has 3 aromatic rings. The summed E-state index contributed by atoms with van der Waals surface area (Å²) in [5.41, 5.74) is 2.39. The molecule has 0 aliphatic carbocycles. The number of benzene rings is 2. The molecule has 41 heavy (non-hydrogen) atoms. The summed E-state index contributed by atoms with van der Waals surface area (Å²) >= 11 is 0. The van der Waals surface area contributed by atoms with E-state index in [1.165, 1.54) is 15.4 Å². The molecule has 10 nitrogen and oxygen atoms in total. The van der Waals surface area contributed by atoms with Gasteiger partial charge in [-0.1, -0.05) is 61.9 Å². The quantitative estimate of drug-likeness (QED) is 0.414. The van der Waals surface area contributed by atoms with Gasteiger partial charge in [0.1, 0.15) is 23.6 Å². The van der Waals surface area contributed by atoms with Crippen LogP contribution in [0.2, 0.25) is 0 Å². The molecule has 1 aromatic heterocycles. The van der Waals surface area contributed by atoms with Crippen LogP contribution in [-0.2, 0) is 25.4 Å². The molecule has 214 valence electrons. The molecule has 1 N–H and O–H groups in total. The number of nitrogens with zero attached hydrogens (tertiary/aromatic N) is 3. The van der Waals surface area contributed by atoms with Crippen molar-refractivity contribution in [3.8, 4) is 16.9 Å². The van der Waals surface area contributed by atoms with Crippen LogP contribution >= 0.6 is 0 Å². The third-order valence-electron chi connectivity index (χ3n) is 7.41. The van der Waals surface area contributed by atoms with E-state index in [0.29, 0.717) is 30.7 Å². The third kappa shape index (κ3) is 6.31. The summed E-state index contributed by atoms with van der Waals surface area (Å²) in [6.07, 6.45) is 2.01. The van der Waals surface area contributed by atoms with Crippen molar-refractivity contribution in [1.82, 2.24) is 19.5 Å². The topological polar surface area (TPSA) is 126 Å². The SMILES string of the molecule is CCCC(NC(=O)Oc1ccc(-c2ccccc2)cc1)C(=O)N1CCC2C1C(=O)CN2S(=O)(=O)Cc1ccccn1. The van der Waals surface area contributed by atoms with Crippen LogP contribution in [0.25, 0.3) is 11.1 Å². The summed E-state index contributed by atoms with van der Waals surface area (Å²) in [4.78, 5) is 44.9. The fraction of sp³-hybridized carbons (Fsp3) is 0.333. The zero-order chi connectivity index (χ0) is 29.0. The van der Waals surface area contributed by atoms with Gasteiger partial charge in [0.25, 0.3) is 0 Å². The van der Waals surface area contributed by atoms with Gasteiger partial charge in [-0.2, -0.15) is 4.31 Å². The van der Waals surface area contributed by atoms with Crippen LogP contribution < -0.4 is 10.1 Å². The van der Waals surface area contributed by atoms with Gasteiger partial charge in [0.05, 0.1) is 18.3 Å². The lowest BCUT2D eigenvalue weighted by molar-refractivity contribution is -0.138. The highest BCUT2D eigenvalue weighted by Crippen LogP contribution is 2.33. The Balaban J connectivity index is 1.23. The molecule has 0 bridgehead atoms. The van der Waals surface area contributed by atoms with Gasteiger partial charge in [-0.25, -0.2) is 13.2 Å². The van der Waals surface area contributed by atoms with E-state index in [1.807, 2.05) is 49.4 Å². The van der Waals surface area contributed by atoms with Crippen molar-refractivity contribution in [2.24, 2.45) is 0 Å². The fourth-order valence-corrected chi connectivity index (χ4v) is 7.17. The number of rotatable bonds is 9. The molecule has 3 atom stereocenters. The molecule has 2 amide bonds. The number of likely N-dealkylation sites (tertiary alicyclic amines) is 1. The van der Waals surface area contributed by atoms with Crippen LogP contribution in [-0.4, -0.2) is 71.6 Å². The molecule has 0 spiro atoms. The highest BCUT2D eigenvalue weighted by atomic mass is 32.2. The summed E-state index contributed by atoms with van der Waals surface area (Å²) < 4.78 is 33.0. The van der Waals surface area contributed by atoms with Gasteiger partial charge in [0.2, 0.25) is 15.9 Å². The molecule has 11 heteroatoms. The number of pyridine rings is 1. The van der Waals surface area contributed by atoms with Crippen molar-refractivity contribution in [2.75, 3.05) is 13.1 Å². The molecule has 0 radical (unpaired) electrons. The molecular formula is C30H32N4O6S. The smallest absolute Gasteiger partial charge is 0.410 e. The minimum Gasteiger partial charge on any atom is -0.410 e. The molecule has 2 aliphatic heterocycles. The Morgan fingerprint density at radius 2 is 1.73 bits per heavy atom. The Hall–Kier alpha value is -4.09. The van der Waals surface area contributed by atoms with E-state index in [0.717, 1.165) is 11.1 Å². The highest BCUT2D eigenvalue weighted by molar-refractivity contribution is 7.88. The minimum atomic E-state index is -3.83. The Labute approximate surface area is 239 Å². The van der Waals surface area contributed by atoms with E-state index >= 15 is 0 Å². The number of Topliss-reactive ketones (excluding diaryl/α,β-unsaturated/α-hetero) is 1. The summed E-state index contributed by atoms with van der Waals surface area (Å²) in [6.45, 7) is 1.81.